The van der Waals surface area contributed by atoms with Crippen LogP contribution in [0.3, 0.4) is 0 Å². The van der Waals surface area contributed by atoms with E-state index in [4.69, 9.17) is 5.73 Å². The summed E-state index contributed by atoms with van der Waals surface area (Å²) in [6, 6.07) is 5.72. The Hall–Kier alpha value is -2.63. The van der Waals surface area contributed by atoms with Gasteiger partial charge in [-0.2, -0.15) is 0 Å². The van der Waals surface area contributed by atoms with E-state index >= 15 is 0 Å². The number of benzene rings is 1. The maximum atomic E-state index is 13.4. The quantitative estimate of drug-likeness (QED) is 0.841. The van der Waals surface area contributed by atoms with Gasteiger partial charge in [-0.1, -0.05) is 0 Å². The Balaban J connectivity index is 2.26. The second-order valence-electron chi connectivity index (χ2n) is 4.48. The van der Waals surface area contributed by atoms with Crippen LogP contribution in [0.25, 0.3) is 0 Å². The topological polar surface area (TPSA) is 71.2 Å². The van der Waals surface area contributed by atoms with Gasteiger partial charge in [0.25, 0.3) is 5.91 Å². The molecule has 0 saturated carbocycles. The number of aromatic nitrogens is 1. The zero-order chi connectivity index (χ0) is 14.7. The minimum atomic E-state index is -0.614. The molecule has 0 saturated heterocycles. The SMILES string of the molecule is CN(C)c1ccncc1NC(=O)c1ccc(N)c(F)c1. The van der Waals surface area contributed by atoms with Gasteiger partial charge in [-0.15, -0.1) is 0 Å². The highest BCUT2D eigenvalue weighted by molar-refractivity contribution is 6.06. The lowest BCUT2D eigenvalue weighted by Crippen LogP contribution is -2.17. The highest BCUT2D eigenvalue weighted by atomic mass is 19.1. The predicted molar refractivity (Wildman–Crippen MR) is 77.3 cm³/mol. The van der Waals surface area contributed by atoms with Crippen molar-refractivity contribution in [2.75, 3.05) is 30.0 Å². The van der Waals surface area contributed by atoms with Crippen molar-refractivity contribution in [3.05, 3.63) is 48.0 Å². The van der Waals surface area contributed by atoms with Crippen molar-refractivity contribution < 1.29 is 9.18 Å². The van der Waals surface area contributed by atoms with Gasteiger partial charge in [0.2, 0.25) is 0 Å². The Kier molecular flexibility index (Phi) is 3.84. The third-order valence-corrected chi connectivity index (χ3v) is 2.79. The normalized spacial score (nSPS) is 10.2. The van der Waals surface area contributed by atoms with Crippen molar-refractivity contribution in [1.82, 2.24) is 4.98 Å². The molecule has 0 aliphatic rings. The number of nitrogen functional groups attached to an aromatic ring is 1. The lowest BCUT2D eigenvalue weighted by Gasteiger charge is -2.17. The molecule has 0 radical (unpaired) electrons. The largest absolute Gasteiger partial charge is 0.396 e. The maximum Gasteiger partial charge on any atom is 0.255 e. The summed E-state index contributed by atoms with van der Waals surface area (Å²) in [5, 5.41) is 2.70. The average molecular weight is 274 g/mol. The van der Waals surface area contributed by atoms with E-state index in [1.807, 2.05) is 19.0 Å². The number of nitrogens with two attached hydrogens (primary N) is 1. The molecule has 0 aliphatic carbocycles. The molecule has 0 atom stereocenters. The van der Waals surface area contributed by atoms with Crippen LogP contribution in [-0.2, 0) is 0 Å². The molecule has 2 aromatic rings. The molecule has 0 aliphatic heterocycles. The van der Waals surface area contributed by atoms with E-state index in [2.05, 4.69) is 10.3 Å². The van der Waals surface area contributed by atoms with Gasteiger partial charge >= 0.3 is 0 Å². The van der Waals surface area contributed by atoms with E-state index < -0.39 is 11.7 Å². The van der Waals surface area contributed by atoms with E-state index in [-0.39, 0.29) is 11.3 Å². The molecule has 5 nitrogen and oxygen atoms in total. The van der Waals surface area contributed by atoms with Crippen LogP contribution in [0.2, 0.25) is 0 Å². The molecular weight excluding hydrogens is 259 g/mol. The Labute approximate surface area is 116 Å². The fourth-order valence-corrected chi connectivity index (χ4v) is 1.74. The van der Waals surface area contributed by atoms with Crippen molar-refractivity contribution in [3.63, 3.8) is 0 Å². The van der Waals surface area contributed by atoms with Crippen LogP contribution in [0, 0.1) is 5.82 Å². The number of anilines is 3. The molecule has 1 aromatic carbocycles. The third-order valence-electron chi connectivity index (χ3n) is 2.79. The van der Waals surface area contributed by atoms with E-state index in [1.54, 1.807) is 18.5 Å². The molecule has 3 N–H and O–H groups in total. The molecule has 6 heteroatoms. The van der Waals surface area contributed by atoms with Crippen molar-refractivity contribution in [2.45, 2.75) is 0 Å². The number of hydrogen-bond donors (Lipinski definition) is 2. The van der Waals surface area contributed by atoms with Gasteiger partial charge in [-0.25, -0.2) is 4.39 Å². The number of nitrogens with one attached hydrogen (secondary N) is 1. The number of carbonyl (C=O) groups is 1. The molecule has 20 heavy (non-hydrogen) atoms. The van der Waals surface area contributed by atoms with Crippen LogP contribution in [0.15, 0.2) is 36.7 Å². The number of pyridine rings is 1. The molecule has 0 unspecified atom stereocenters. The van der Waals surface area contributed by atoms with Gasteiger partial charge in [0.15, 0.2) is 0 Å². The highest BCUT2D eigenvalue weighted by Crippen LogP contribution is 2.23. The maximum absolute atomic E-state index is 13.4. The van der Waals surface area contributed by atoms with Gasteiger partial charge in [0, 0.05) is 25.9 Å². The van der Waals surface area contributed by atoms with Gasteiger partial charge in [0.05, 0.1) is 23.3 Å². The van der Waals surface area contributed by atoms with Crippen LogP contribution in [-0.4, -0.2) is 25.0 Å². The number of halogens is 1. The molecule has 1 heterocycles. The second kappa shape index (κ2) is 5.56. The Morgan fingerprint density at radius 1 is 1.35 bits per heavy atom. The average Bonchev–Trinajstić information content (AvgIpc) is 2.42. The Morgan fingerprint density at radius 3 is 2.75 bits per heavy atom. The summed E-state index contributed by atoms with van der Waals surface area (Å²) in [5.41, 5.74) is 6.96. The van der Waals surface area contributed by atoms with Crippen molar-refractivity contribution >= 4 is 23.0 Å². The van der Waals surface area contributed by atoms with Crippen LogP contribution in [0.5, 0.6) is 0 Å². The fraction of sp³-hybridized carbons (Fsp3) is 0.143. The number of amides is 1. The minimum Gasteiger partial charge on any atom is -0.396 e. The van der Waals surface area contributed by atoms with E-state index in [1.165, 1.54) is 12.1 Å². The smallest absolute Gasteiger partial charge is 0.255 e. The molecular formula is C14H15FN4O. The molecule has 0 bridgehead atoms. The van der Waals surface area contributed by atoms with Gasteiger partial charge in [-0.05, 0) is 24.3 Å². The summed E-state index contributed by atoms with van der Waals surface area (Å²) in [6.45, 7) is 0. The first kappa shape index (κ1) is 13.8. The van der Waals surface area contributed by atoms with E-state index in [0.29, 0.717) is 5.69 Å². The van der Waals surface area contributed by atoms with E-state index in [9.17, 15) is 9.18 Å². The van der Waals surface area contributed by atoms with Crippen molar-refractivity contribution in [1.29, 1.82) is 0 Å². The lowest BCUT2D eigenvalue weighted by atomic mass is 10.2. The zero-order valence-corrected chi connectivity index (χ0v) is 11.2. The third kappa shape index (κ3) is 2.85. The summed E-state index contributed by atoms with van der Waals surface area (Å²) in [7, 11) is 3.71. The summed E-state index contributed by atoms with van der Waals surface area (Å²) in [5.74, 6) is -1.03. The minimum absolute atomic E-state index is 0.0110. The zero-order valence-electron chi connectivity index (χ0n) is 11.2. The molecule has 104 valence electrons. The second-order valence-corrected chi connectivity index (χ2v) is 4.48. The molecule has 1 amide bonds. The number of nitrogens with zero attached hydrogens (tertiary/aromatic N) is 2. The fourth-order valence-electron chi connectivity index (χ4n) is 1.74. The first-order valence-corrected chi connectivity index (χ1v) is 5.96. The molecule has 1 aromatic heterocycles. The van der Waals surface area contributed by atoms with Gasteiger partial charge < -0.3 is 16.0 Å². The molecule has 0 fully saturated rings. The highest BCUT2D eigenvalue weighted by Gasteiger charge is 2.12. The predicted octanol–water partition coefficient (Wildman–Crippen LogP) is 2.12. The summed E-state index contributed by atoms with van der Waals surface area (Å²) in [4.78, 5) is 17.9. The van der Waals surface area contributed by atoms with Crippen LogP contribution in [0.1, 0.15) is 10.4 Å². The Bertz CT molecular complexity index is 643. The monoisotopic (exact) mass is 274 g/mol. The van der Waals surface area contributed by atoms with Crippen LogP contribution < -0.4 is 16.0 Å². The van der Waals surface area contributed by atoms with Gasteiger partial charge in [0.1, 0.15) is 5.82 Å². The van der Waals surface area contributed by atoms with Crippen LogP contribution in [0.4, 0.5) is 21.5 Å². The summed E-state index contributed by atoms with van der Waals surface area (Å²) in [6.07, 6.45) is 3.18. The summed E-state index contributed by atoms with van der Waals surface area (Å²) >= 11 is 0. The summed E-state index contributed by atoms with van der Waals surface area (Å²) < 4.78 is 13.4. The lowest BCUT2D eigenvalue weighted by molar-refractivity contribution is 0.102. The van der Waals surface area contributed by atoms with E-state index in [0.717, 1.165) is 11.8 Å². The van der Waals surface area contributed by atoms with Gasteiger partial charge in [-0.3, -0.25) is 9.78 Å². The Morgan fingerprint density at radius 2 is 2.10 bits per heavy atom. The number of rotatable bonds is 3. The molecule has 0 spiro atoms. The van der Waals surface area contributed by atoms with Crippen molar-refractivity contribution in [3.8, 4) is 0 Å². The number of hydrogen-bond acceptors (Lipinski definition) is 4. The first-order valence-electron chi connectivity index (χ1n) is 5.96. The molecule has 2 rings (SSSR count). The first-order chi connectivity index (χ1) is 9.49. The van der Waals surface area contributed by atoms with Crippen LogP contribution >= 0.6 is 0 Å². The standard InChI is InChI=1S/C14H15FN4O/c1-19(2)13-5-6-17-8-12(13)18-14(20)9-3-4-11(16)10(15)7-9/h3-8H,16H2,1-2H3,(H,18,20). The number of carbonyl (C=O) groups excluding carboxylic acids is 1. The van der Waals surface area contributed by atoms with Crippen molar-refractivity contribution in [2.24, 2.45) is 0 Å².